The van der Waals surface area contributed by atoms with Gasteiger partial charge in [0.05, 0.1) is 17.4 Å². The molecular formula is C23H25BrClN3. The van der Waals surface area contributed by atoms with E-state index in [1.54, 1.807) is 0 Å². The van der Waals surface area contributed by atoms with E-state index in [0.717, 1.165) is 23.0 Å². The second kappa shape index (κ2) is 7.81. The standard InChI is InChI=1S/C23H25BrClN3/c24-18-2-1-16-9-15(10-17(16)11-18)13-26-20-4-6-21(7-5-20)28-14-27-22-12-19(25)3-8-23(22)28/h1-3,8,11-12,14-15,20-21,26H,4-7,9-10,13H2. The lowest BCUT2D eigenvalue weighted by Crippen LogP contribution is -2.37. The third-order valence-corrected chi connectivity index (χ3v) is 7.24. The van der Waals surface area contributed by atoms with Crippen LogP contribution >= 0.6 is 27.5 Å². The zero-order valence-corrected chi connectivity index (χ0v) is 18.2. The molecule has 0 bridgehead atoms. The van der Waals surface area contributed by atoms with Crippen molar-refractivity contribution in [1.29, 1.82) is 0 Å². The molecule has 0 amide bonds. The van der Waals surface area contributed by atoms with Gasteiger partial charge in [-0.2, -0.15) is 0 Å². The van der Waals surface area contributed by atoms with Crippen molar-refractivity contribution >= 4 is 38.6 Å². The van der Waals surface area contributed by atoms with Gasteiger partial charge in [0.15, 0.2) is 0 Å². The van der Waals surface area contributed by atoms with E-state index in [2.05, 4.69) is 55.1 Å². The van der Waals surface area contributed by atoms with Gasteiger partial charge < -0.3 is 9.88 Å². The van der Waals surface area contributed by atoms with Crippen molar-refractivity contribution in [2.45, 2.75) is 50.6 Å². The Kier molecular flexibility index (Phi) is 5.20. The van der Waals surface area contributed by atoms with E-state index in [1.807, 2.05) is 18.5 Å². The summed E-state index contributed by atoms with van der Waals surface area (Å²) >= 11 is 9.70. The average molecular weight is 459 g/mol. The fourth-order valence-corrected chi connectivity index (χ4v) is 5.58. The molecule has 28 heavy (non-hydrogen) atoms. The third kappa shape index (κ3) is 3.74. The molecule has 1 saturated carbocycles. The molecule has 146 valence electrons. The molecule has 1 atom stereocenters. The lowest BCUT2D eigenvalue weighted by molar-refractivity contribution is 0.285. The summed E-state index contributed by atoms with van der Waals surface area (Å²) in [6.45, 7) is 1.13. The first-order valence-electron chi connectivity index (χ1n) is 10.3. The molecule has 1 unspecified atom stereocenters. The van der Waals surface area contributed by atoms with Crippen LogP contribution in [0.15, 0.2) is 47.2 Å². The number of nitrogens with one attached hydrogen (secondary N) is 1. The van der Waals surface area contributed by atoms with Crippen LogP contribution in [0.5, 0.6) is 0 Å². The second-order valence-electron chi connectivity index (χ2n) is 8.39. The molecule has 2 aliphatic carbocycles. The summed E-state index contributed by atoms with van der Waals surface area (Å²) in [5, 5.41) is 4.63. The Bertz CT molecular complexity index is 991. The summed E-state index contributed by atoms with van der Waals surface area (Å²) in [6.07, 6.45) is 9.32. The maximum atomic E-state index is 6.10. The monoisotopic (exact) mass is 457 g/mol. The summed E-state index contributed by atoms with van der Waals surface area (Å²) in [4.78, 5) is 4.55. The molecule has 3 aromatic rings. The number of halogens is 2. The Balaban J connectivity index is 1.15. The van der Waals surface area contributed by atoms with Crippen LogP contribution in [-0.2, 0) is 12.8 Å². The van der Waals surface area contributed by atoms with Crippen molar-refractivity contribution in [1.82, 2.24) is 14.9 Å². The van der Waals surface area contributed by atoms with Crippen molar-refractivity contribution in [3.8, 4) is 0 Å². The molecule has 1 heterocycles. The number of fused-ring (bicyclic) bond motifs is 2. The molecule has 3 nitrogen and oxygen atoms in total. The van der Waals surface area contributed by atoms with E-state index >= 15 is 0 Å². The first kappa shape index (κ1) is 18.7. The van der Waals surface area contributed by atoms with E-state index in [9.17, 15) is 0 Å². The fourth-order valence-electron chi connectivity index (χ4n) is 5.01. The minimum absolute atomic E-state index is 0.553. The third-order valence-electron chi connectivity index (χ3n) is 6.51. The smallest absolute Gasteiger partial charge is 0.0960 e. The molecule has 2 aliphatic rings. The van der Waals surface area contributed by atoms with Crippen LogP contribution in [0.2, 0.25) is 5.02 Å². The van der Waals surface area contributed by atoms with Gasteiger partial charge in [0.2, 0.25) is 0 Å². The number of hydrogen-bond donors (Lipinski definition) is 1. The maximum Gasteiger partial charge on any atom is 0.0960 e. The highest BCUT2D eigenvalue weighted by Crippen LogP contribution is 2.33. The number of benzene rings is 2. The zero-order valence-electron chi connectivity index (χ0n) is 15.9. The SMILES string of the molecule is Clc1ccc2c(c1)ncn2C1CCC(NCC2Cc3ccc(Br)cc3C2)CC1. The maximum absolute atomic E-state index is 6.10. The lowest BCUT2D eigenvalue weighted by Gasteiger charge is -2.31. The molecule has 2 aromatic carbocycles. The summed E-state index contributed by atoms with van der Waals surface area (Å²) in [5.74, 6) is 0.740. The van der Waals surface area contributed by atoms with Gasteiger partial charge in [-0.3, -0.25) is 0 Å². The Labute approximate surface area is 179 Å². The highest BCUT2D eigenvalue weighted by atomic mass is 79.9. The summed E-state index contributed by atoms with van der Waals surface area (Å²) < 4.78 is 3.56. The van der Waals surface area contributed by atoms with Crippen molar-refractivity contribution in [3.05, 3.63) is 63.3 Å². The fraction of sp³-hybridized carbons (Fsp3) is 0.435. The van der Waals surface area contributed by atoms with Crippen molar-refractivity contribution in [3.63, 3.8) is 0 Å². The summed E-state index contributed by atoms with van der Waals surface area (Å²) in [5.41, 5.74) is 5.26. The number of imidazole rings is 1. The Morgan fingerprint density at radius 3 is 2.71 bits per heavy atom. The molecule has 1 N–H and O–H groups in total. The van der Waals surface area contributed by atoms with Crippen LogP contribution in [0, 0.1) is 5.92 Å². The second-order valence-corrected chi connectivity index (χ2v) is 9.74. The zero-order chi connectivity index (χ0) is 19.1. The lowest BCUT2D eigenvalue weighted by atomic mass is 9.90. The number of nitrogens with zero attached hydrogens (tertiary/aromatic N) is 2. The van der Waals surface area contributed by atoms with Gasteiger partial charge in [-0.15, -0.1) is 0 Å². The molecular weight excluding hydrogens is 434 g/mol. The average Bonchev–Trinajstić information content (AvgIpc) is 3.29. The van der Waals surface area contributed by atoms with Crippen LogP contribution in [0.1, 0.15) is 42.9 Å². The molecule has 5 heteroatoms. The van der Waals surface area contributed by atoms with Gasteiger partial charge in [-0.1, -0.05) is 33.6 Å². The molecule has 0 saturated heterocycles. The Morgan fingerprint density at radius 1 is 1.04 bits per heavy atom. The van der Waals surface area contributed by atoms with Gasteiger partial charge in [0, 0.05) is 21.6 Å². The number of rotatable bonds is 4. The van der Waals surface area contributed by atoms with E-state index < -0.39 is 0 Å². The first-order valence-corrected chi connectivity index (χ1v) is 11.5. The van der Waals surface area contributed by atoms with E-state index in [0.29, 0.717) is 12.1 Å². The van der Waals surface area contributed by atoms with Crippen molar-refractivity contribution in [2.24, 2.45) is 5.92 Å². The summed E-state index contributed by atoms with van der Waals surface area (Å²) in [7, 11) is 0. The largest absolute Gasteiger partial charge is 0.327 e. The Hall–Kier alpha value is -1.36. The minimum Gasteiger partial charge on any atom is -0.327 e. The molecule has 0 spiro atoms. The molecule has 5 rings (SSSR count). The van der Waals surface area contributed by atoms with E-state index in [-0.39, 0.29) is 0 Å². The molecule has 1 aromatic heterocycles. The first-order chi connectivity index (χ1) is 13.7. The molecule has 0 radical (unpaired) electrons. The van der Waals surface area contributed by atoms with E-state index in [4.69, 9.17) is 11.6 Å². The topological polar surface area (TPSA) is 29.9 Å². The van der Waals surface area contributed by atoms with E-state index in [1.165, 1.54) is 59.6 Å². The normalized spacial score (nSPS) is 24.6. The summed E-state index contributed by atoms with van der Waals surface area (Å²) in [6, 6.07) is 14.0. The minimum atomic E-state index is 0.553. The van der Waals surface area contributed by atoms with Crippen LogP contribution in [0.25, 0.3) is 11.0 Å². The molecule has 1 fully saturated rings. The number of aromatic nitrogens is 2. The highest BCUT2D eigenvalue weighted by Gasteiger charge is 2.26. The predicted molar refractivity (Wildman–Crippen MR) is 119 cm³/mol. The van der Waals surface area contributed by atoms with Gasteiger partial charge in [0.1, 0.15) is 0 Å². The Morgan fingerprint density at radius 2 is 1.86 bits per heavy atom. The number of hydrogen-bond acceptors (Lipinski definition) is 2. The van der Waals surface area contributed by atoms with Crippen LogP contribution in [0.3, 0.4) is 0 Å². The van der Waals surface area contributed by atoms with Gasteiger partial charge in [-0.05, 0) is 92.4 Å². The van der Waals surface area contributed by atoms with Crippen molar-refractivity contribution < 1.29 is 0 Å². The van der Waals surface area contributed by atoms with Crippen LogP contribution in [-0.4, -0.2) is 22.1 Å². The van der Waals surface area contributed by atoms with Crippen LogP contribution < -0.4 is 5.32 Å². The highest BCUT2D eigenvalue weighted by molar-refractivity contribution is 9.10. The molecule has 0 aliphatic heterocycles. The van der Waals surface area contributed by atoms with Gasteiger partial charge in [0.25, 0.3) is 0 Å². The quantitative estimate of drug-likeness (QED) is 0.524. The predicted octanol–water partition coefficient (Wildman–Crippen LogP) is 5.94. The van der Waals surface area contributed by atoms with Crippen LogP contribution in [0.4, 0.5) is 0 Å². The van der Waals surface area contributed by atoms with Gasteiger partial charge >= 0.3 is 0 Å². The van der Waals surface area contributed by atoms with Crippen molar-refractivity contribution in [2.75, 3.05) is 6.54 Å². The van der Waals surface area contributed by atoms with Gasteiger partial charge in [-0.25, -0.2) is 4.98 Å².